The average Bonchev–Trinajstić information content (AvgIpc) is 3.36. The molecule has 1 saturated heterocycles. The number of nitriles is 1. The number of Topliss-reactive ketones (excluding diaryl/α,β-unsaturated/α-hetero) is 1. The predicted octanol–water partition coefficient (Wildman–Crippen LogP) is 1.52. The monoisotopic (exact) mass is 350 g/mol. The summed E-state index contributed by atoms with van der Waals surface area (Å²) >= 11 is 0. The van der Waals surface area contributed by atoms with Gasteiger partial charge in [0.05, 0.1) is 16.6 Å². The van der Waals surface area contributed by atoms with Gasteiger partial charge in [-0.05, 0) is 68.2 Å². The van der Waals surface area contributed by atoms with E-state index < -0.39 is 17.1 Å². The van der Waals surface area contributed by atoms with E-state index in [1.165, 1.54) is 24.0 Å². The molecule has 5 nitrogen and oxygen atoms in total. The van der Waals surface area contributed by atoms with Crippen molar-refractivity contribution in [2.75, 3.05) is 6.54 Å². The Kier molecular flexibility index (Phi) is 2.73. The molecule has 1 spiro atoms. The number of hydrogen-bond donors (Lipinski definition) is 2. The van der Waals surface area contributed by atoms with E-state index in [0.717, 1.165) is 24.9 Å². The second kappa shape index (κ2) is 4.68. The zero-order chi connectivity index (χ0) is 17.7. The van der Waals surface area contributed by atoms with Gasteiger partial charge in [0.15, 0.2) is 11.9 Å². The highest BCUT2D eigenvalue weighted by atomic mass is 16.5. The number of carbonyl (C=O) groups is 1. The summed E-state index contributed by atoms with van der Waals surface area (Å²) in [5.74, 6) is 1.38. The van der Waals surface area contributed by atoms with Gasteiger partial charge in [-0.1, -0.05) is 0 Å². The lowest BCUT2D eigenvalue weighted by Gasteiger charge is -2.59. The predicted molar refractivity (Wildman–Crippen MR) is 93.0 cm³/mol. The molecule has 134 valence electrons. The van der Waals surface area contributed by atoms with E-state index in [2.05, 4.69) is 11.4 Å². The van der Waals surface area contributed by atoms with E-state index in [9.17, 15) is 15.2 Å². The summed E-state index contributed by atoms with van der Waals surface area (Å²) in [6, 6.07) is 4.25. The minimum Gasteiger partial charge on any atom is -0.480 e. The normalized spacial score (nSPS) is 39.2. The maximum atomic E-state index is 12.8. The van der Waals surface area contributed by atoms with E-state index in [-0.39, 0.29) is 11.8 Å². The molecule has 1 aromatic carbocycles. The molecule has 0 aromatic heterocycles. The van der Waals surface area contributed by atoms with Crippen LogP contribution in [0, 0.1) is 17.2 Å². The molecule has 0 radical (unpaired) electrons. The van der Waals surface area contributed by atoms with Crippen LogP contribution >= 0.6 is 0 Å². The first kappa shape index (κ1) is 15.2. The van der Waals surface area contributed by atoms with Gasteiger partial charge in [0.1, 0.15) is 11.8 Å². The molecule has 2 unspecified atom stereocenters. The Balaban J connectivity index is 1.67. The van der Waals surface area contributed by atoms with Crippen molar-refractivity contribution < 1.29 is 14.6 Å². The molecule has 1 aromatic rings. The average molecular weight is 350 g/mol. The molecule has 26 heavy (non-hydrogen) atoms. The Morgan fingerprint density at radius 3 is 3.00 bits per heavy atom. The highest BCUT2D eigenvalue weighted by molar-refractivity contribution is 5.90. The number of nitrogens with zero attached hydrogens (tertiary/aromatic N) is 1. The van der Waals surface area contributed by atoms with Gasteiger partial charge in [0, 0.05) is 18.0 Å². The molecule has 2 saturated carbocycles. The van der Waals surface area contributed by atoms with Crippen LogP contribution in [0.5, 0.6) is 5.75 Å². The van der Waals surface area contributed by atoms with E-state index in [1.54, 1.807) is 0 Å². The summed E-state index contributed by atoms with van der Waals surface area (Å²) in [7, 11) is 0. The molecule has 5 aliphatic rings. The summed E-state index contributed by atoms with van der Waals surface area (Å²) in [5, 5.41) is 25.1. The minimum absolute atomic E-state index is 0.0419. The molecule has 2 bridgehead atoms. The van der Waals surface area contributed by atoms with Gasteiger partial charge in [0.2, 0.25) is 0 Å². The number of ketones is 1. The number of piperidine rings is 1. The maximum Gasteiger partial charge on any atom is 0.174 e. The molecule has 3 fully saturated rings. The summed E-state index contributed by atoms with van der Waals surface area (Å²) in [6.45, 7) is 0.772. The zero-order valence-electron chi connectivity index (χ0n) is 14.7. The number of benzene rings is 1. The van der Waals surface area contributed by atoms with Crippen molar-refractivity contribution in [2.24, 2.45) is 5.92 Å². The molecule has 6 rings (SSSR count). The topological polar surface area (TPSA) is 82.3 Å². The summed E-state index contributed by atoms with van der Waals surface area (Å²) in [5.41, 5.74) is 2.38. The maximum absolute atomic E-state index is 12.8. The van der Waals surface area contributed by atoms with Gasteiger partial charge in [-0.15, -0.1) is 0 Å². The molecule has 3 aliphatic carbocycles. The number of aliphatic hydroxyl groups is 1. The van der Waals surface area contributed by atoms with Crippen LogP contribution < -0.4 is 10.1 Å². The Morgan fingerprint density at radius 1 is 1.38 bits per heavy atom. The second-order valence-electron chi connectivity index (χ2n) is 8.85. The Bertz CT molecular complexity index is 899. The number of rotatable bonds is 2. The Labute approximate surface area is 152 Å². The lowest BCUT2D eigenvalue weighted by molar-refractivity contribution is -0.166. The molecule has 0 amide bonds. The van der Waals surface area contributed by atoms with Gasteiger partial charge < -0.3 is 15.2 Å². The van der Waals surface area contributed by atoms with Crippen LogP contribution in [0.3, 0.4) is 0 Å². The first-order chi connectivity index (χ1) is 12.6. The Hall–Kier alpha value is -1.90. The molecular weight excluding hydrogens is 328 g/mol. The fourth-order valence-electron chi connectivity index (χ4n) is 6.30. The SMILES string of the molecule is N#Cc1cc(CC2CC2)c2c3c1OC1C(=O)CCC4(O)[C@@H](C2)NCC[C@]314. The quantitative estimate of drug-likeness (QED) is 0.845. The van der Waals surface area contributed by atoms with Gasteiger partial charge in [-0.25, -0.2) is 0 Å². The molecule has 2 heterocycles. The summed E-state index contributed by atoms with van der Waals surface area (Å²) in [6.07, 6.45) is 5.16. The third-order valence-corrected chi connectivity index (χ3v) is 7.65. The third kappa shape index (κ3) is 1.57. The van der Waals surface area contributed by atoms with Gasteiger partial charge >= 0.3 is 0 Å². The molecule has 4 atom stereocenters. The van der Waals surface area contributed by atoms with Crippen LogP contribution in [0.25, 0.3) is 0 Å². The van der Waals surface area contributed by atoms with Crippen LogP contribution in [-0.4, -0.2) is 35.2 Å². The van der Waals surface area contributed by atoms with Crippen molar-refractivity contribution in [2.45, 2.75) is 68.1 Å². The molecule has 2 aliphatic heterocycles. The molecular formula is C21H22N2O3. The smallest absolute Gasteiger partial charge is 0.174 e. The van der Waals surface area contributed by atoms with E-state index in [0.29, 0.717) is 36.5 Å². The first-order valence-corrected chi connectivity index (χ1v) is 9.83. The van der Waals surface area contributed by atoms with Crippen molar-refractivity contribution in [1.82, 2.24) is 5.32 Å². The van der Waals surface area contributed by atoms with Crippen LogP contribution in [0.15, 0.2) is 6.07 Å². The van der Waals surface area contributed by atoms with Crippen molar-refractivity contribution in [3.8, 4) is 11.8 Å². The van der Waals surface area contributed by atoms with Gasteiger partial charge in [0.25, 0.3) is 0 Å². The van der Waals surface area contributed by atoms with Crippen LogP contribution in [0.1, 0.15) is 54.4 Å². The van der Waals surface area contributed by atoms with E-state index >= 15 is 0 Å². The van der Waals surface area contributed by atoms with Gasteiger partial charge in [-0.2, -0.15) is 5.26 Å². The highest BCUT2D eigenvalue weighted by Gasteiger charge is 2.72. The third-order valence-electron chi connectivity index (χ3n) is 7.65. The number of nitrogens with one attached hydrogen (secondary N) is 1. The van der Waals surface area contributed by atoms with Crippen molar-refractivity contribution >= 4 is 5.78 Å². The largest absolute Gasteiger partial charge is 0.480 e. The lowest BCUT2D eigenvalue weighted by Crippen LogP contribution is -2.76. The number of carbonyl (C=O) groups excluding carboxylic acids is 1. The summed E-state index contributed by atoms with van der Waals surface area (Å²) < 4.78 is 6.19. The molecule has 5 heteroatoms. The number of ether oxygens (including phenoxy) is 1. The van der Waals surface area contributed by atoms with Crippen LogP contribution in [0.2, 0.25) is 0 Å². The van der Waals surface area contributed by atoms with Gasteiger partial charge in [-0.3, -0.25) is 4.79 Å². The summed E-state index contributed by atoms with van der Waals surface area (Å²) in [4.78, 5) is 12.8. The minimum atomic E-state index is -0.965. The van der Waals surface area contributed by atoms with Crippen LogP contribution in [0.4, 0.5) is 0 Å². The number of hydrogen-bond acceptors (Lipinski definition) is 5. The van der Waals surface area contributed by atoms with Crippen molar-refractivity contribution in [3.63, 3.8) is 0 Å². The van der Waals surface area contributed by atoms with E-state index in [4.69, 9.17) is 4.74 Å². The Morgan fingerprint density at radius 2 is 2.23 bits per heavy atom. The fourth-order valence-corrected chi connectivity index (χ4v) is 6.30. The zero-order valence-corrected chi connectivity index (χ0v) is 14.7. The van der Waals surface area contributed by atoms with Crippen molar-refractivity contribution in [1.29, 1.82) is 5.26 Å². The van der Waals surface area contributed by atoms with Crippen LogP contribution in [-0.2, 0) is 23.1 Å². The standard InChI is InChI=1S/C21H22N2O3/c22-10-13-8-12(7-11-1-2-11)14-9-16-21(25)4-3-15(24)19-20(21,5-6-23-16)17(14)18(13)26-19/h8,11,16,19,23,25H,1-7,9H2/t16-,19?,20+,21?/m1/s1. The molecule has 2 N–H and O–H groups in total. The lowest BCUT2D eigenvalue weighted by atomic mass is 9.49. The highest BCUT2D eigenvalue weighted by Crippen LogP contribution is 2.63. The van der Waals surface area contributed by atoms with Crippen molar-refractivity contribution in [3.05, 3.63) is 28.3 Å². The second-order valence-corrected chi connectivity index (χ2v) is 8.85. The fraction of sp³-hybridized carbons (Fsp3) is 0.619. The first-order valence-electron chi connectivity index (χ1n) is 9.83. The van der Waals surface area contributed by atoms with E-state index in [1.807, 2.05) is 6.07 Å².